The lowest BCUT2D eigenvalue weighted by Crippen LogP contribution is -2.50. The SMILES string of the molecule is CC(C)OO.Cc1nnc(N2CCC[C@@H](NC(=O)OC(C)(C)C)C2)n(Cc2cc(F)ccc2Br)c1=O.Cc1nnc(N2CCC[C@@H](NC(=O)OC(C)(C)C)C2)n(Cc2cc(F)ccc2C#N)c1=O. The van der Waals surface area contributed by atoms with Crippen molar-refractivity contribution in [3.05, 3.63) is 101 Å². The number of rotatable bonds is 9. The molecule has 3 N–H and O–H groups in total. The van der Waals surface area contributed by atoms with Crippen molar-refractivity contribution in [3.63, 3.8) is 0 Å². The van der Waals surface area contributed by atoms with Crippen molar-refractivity contribution >= 4 is 40.0 Å². The molecular weight excluding hydrogens is 952 g/mol. The van der Waals surface area contributed by atoms with Crippen molar-refractivity contribution in [1.82, 2.24) is 40.2 Å². The van der Waals surface area contributed by atoms with Gasteiger partial charge in [0.2, 0.25) is 11.9 Å². The van der Waals surface area contributed by atoms with Crippen molar-refractivity contribution in [2.24, 2.45) is 0 Å². The van der Waals surface area contributed by atoms with Gasteiger partial charge in [0.05, 0.1) is 30.8 Å². The fourth-order valence-electron chi connectivity index (χ4n) is 7.07. The lowest BCUT2D eigenvalue weighted by Gasteiger charge is -2.35. The molecule has 2 atom stereocenters. The lowest BCUT2D eigenvalue weighted by molar-refractivity contribution is -0.269. The Kier molecular flexibility index (Phi) is 19.5. The number of ether oxygens (including phenoxy) is 2. The van der Waals surface area contributed by atoms with E-state index in [1.54, 1.807) is 54.5 Å². The summed E-state index contributed by atoms with van der Waals surface area (Å²) in [4.78, 5) is 57.7. The maximum Gasteiger partial charge on any atom is 0.407 e. The molecular formula is C46H62BrF2N11O8. The second-order valence-corrected chi connectivity index (χ2v) is 19.5. The number of hydrogen-bond donors (Lipinski definition) is 3. The van der Waals surface area contributed by atoms with Crippen LogP contribution in [0.1, 0.15) is 109 Å². The summed E-state index contributed by atoms with van der Waals surface area (Å²) < 4.78 is 41.9. The molecule has 0 aliphatic carbocycles. The van der Waals surface area contributed by atoms with Gasteiger partial charge in [0.25, 0.3) is 11.1 Å². The minimum atomic E-state index is -0.606. The number of carbonyl (C=O) groups excluding carboxylic acids is 2. The predicted molar refractivity (Wildman–Crippen MR) is 254 cm³/mol. The summed E-state index contributed by atoms with van der Waals surface area (Å²) in [6, 6.07) is 9.86. The summed E-state index contributed by atoms with van der Waals surface area (Å²) in [7, 11) is 0. The highest BCUT2D eigenvalue weighted by Crippen LogP contribution is 2.24. The highest BCUT2D eigenvalue weighted by atomic mass is 79.9. The first-order valence-corrected chi connectivity index (χ1v) is 23.0. The molecule has 4 heterocycles. The minimum absolute atomic E-state index is 0.0220. The molecule has 4 aromatic rings. The van der Waals surface area contributed by atoms with Crippen LogP contribution in [0.2, 0.25) is 0 Å². The number of carbonyl (C=O) groups is 2. The number of benzene rings is 2. The van der Waals surface area contributed by atoms with Crippen molar-refractivity contribution in [1.29, 1.82) is 5.26 Å². The van der Waals surface area contributed by atoms with Crippen LogP contribution in [0, 0.1) is 36.8 Å². The Labute approximate surface area is 402 Å². The van der Waals surface area contributed by atoms with Crippen LogP contribution in [-0.2, 0) is 27.5 Å². The molecule has 22 heteroatoms. The number of anilines is 2. The van der Waals surface area contributed by atoms with Gasteiger partial charge < -0.3 is 29.9 Å². The zero-order chi connectivity index (χ0) is 50.5. The third-order valence-corrected chi connectivity index (χ3v) is 10.9. The van der Waals surface area contributed by atoms with Gasteiger partial charge in [-0.15, -0.1) is 20.4 Å². The summed E-state index contributed by atoms with van der Waals surface area (Å²) in [5, 5.41) is 39.3. The van der Waals surface area contributed by atoms with Crippen molar-refractivity contribution in [2.45, 2.75) is 137 Å². The summed E-state index contributed by atoms with van der Waals surface area (Å²) in [5.41, 5.74) is -0.110. The zero-order valence-electron chi connectivity index (χ0n) is 40.2. The quantitative estimate of drug-likeness (QED) is 0.116. The smallest absolute Gasteiger partial charge is 0.407 e. The molecule has 2 fully saturated rings. The minimum Gasteiger partial charge on any atom is -0.444 e. The molecule has 2 amide bonds. The molecule has 19 nitrogen and oxygen atoms in total. The van der Waals surface area contributed by atoms with E-state index in [0.29, 0.717) is 53.7 Å². The zero-order valence-corrected chi connectivity index (χ0v) is 41.8. The molecule has 68 heavy (non-hydrogen) atoms. The molecule has 2 saturated heterocycles. The number of aryl methyl sites for hydroxylation is 2. The molecule has 370 valence electrons. The van der Waals surface area contributed by atoms with Gasteiger partial charge in [-0.3, -0.25) is 24.0 Å². The third kappa shape index (κ3) is 16.6. The largest absolute Gasteiger partial charge is 0.444 e. The number of halogens is 3. The Bertz CT molecular complexity index is 2540. The van der Waals surface area contributed by atoms with Crippen LogP contribution in [0.15, 0.2) is 50.5 Å². The van der Waals surface area contributed by atoms with E-state index in [1.165, 1.54) is 39.5 Å². The van der Waals surface area contributed by atoms with Crippen molar-refractivity contribution < 1.29 is 38.0 Å². The average molecular weight is 1010 g/mol. The summed E-state index contributed by atoms with van der Waals surface area (Å²) in [6.07, 6.45) is 2.05. The number of hydrogen-bond acceptors (Lipinski definition) is 15. The second-order valence-electron chi connectivity index (χ2n) is 18.6. The van der Waals surface area contributed by atoms with Crippen molar-refractivity contribution in [3.8, 4) is 6.07 Å². The molecule has 0 saturated carbocycles. The molecule has 0 bridgehead atoms. The Morgan fingerprint density at radius 2 is 1.19 bits per heavy atom. The predicted octanol–water partition coefficient (Wildman–Crippen LogP) is 6.77. The van der Waals surface area contributed by atoms with Gasteiger partial charge in [-0.2, -0.15) is 5.26 Å². The first-order chi connectivity index (χ1) is 31.9. The van der Waals surface area contributed by atoms with E-state index in [0.717, 1.165) is 25.7 Å². The number of alkyl carbamates (subject to hydrolysis) is 2. The van der Waals surface area contributed by atoms with Crippen LogP contribution >= 0.6 is 15.9 Å². The maximum absolute atomic E-state index is 13.8. The van der Waals surface area contributed by atoms with Crippen LogP contribution < -0.4 is 31.6 Å². The van der Waals surface area contributed by atoms with E-state index in [9.17, 15) is 33.2 Å². The molecule has 0 radical (unpaired) electrons. The Morgan fingerprint density at radius 1 is 0.779 bits per heavy atom. The number of nitrogens with zero attached hydrogens (tertiary/aromatic N) is 9. The van der Waals surface area contributed by atoms with Gasteiger partial charge >= 0.3 is 12.2 Å². The van der Waals surface area contributed by atoms with Crippen LogP contribution in [0.5, 0.6) is 0 Å². The fourth-order valence-corrected chi connectivity index (χ4v) is 7.44. The van der Waals surface area contributed by atoms with Crippen LogP contribution in [0.3, 0.4) is 0 Å². The monoisotopic (exact) mass is 1010 g/mol. The number of amides is 2. The van der Waals surface area contributed by atoms with E-state index in [2.05, 4.69) is 51.8 Å². The molecule has 6 rings (SSSR count). The molecule has 2 aliphatic rings. The van der Waals surface area contributed by atoms with E-state index in [1.807, 2.05) is 36.6 Å². The van der Waals surface area contributed by atoms with E-state index in [-0.39, 0.29) is 65.2 Å². The Morgan fingerprint density at radius 3 is 1.60 bits per heavy atom. The van der Waals surface area contributed by atoms with E-state index < -0.39 is 29.2 Å². The van der Waals surface area contributed by atoms with E-state index in [4.69, 9.17) is 14.7 Å². The van der Waals surface area contributed by atoms with E-state index >= 15 is 0 Å². The molecule has 0 spiro atoms. The standard InChI is InChI=1S/C22H27FN6O3.C21H27BrFN5O3.C3H8O2/c1-14-19(30)29(12-16-10-17(23)8-7-15(16)11-24)20(27-26-14)28-9-5-6-18(13-28)25-21(31)32-22(2,3)4;1-13-18(29)28(11-14-10-15(23)7-8-17(14)22)19(26-25-13)27-9-5-6-16(12-27)24-20(30)31-21(2,3)4;1-3(2)5-4/h7-8,10,18H,5-6,9,12-13H2,1-4H3,(H,25,31);7-8,10,16H,5-6,9,11-12H2,1-4H3,(H,24,30);3-4H,1-2H3/t18-;16-;/m11./s1. The van der Waals surface area contributed by atoms with Crippen LogP contribution in [-0.4, -0.2) is 103 Å². The highest BCUT2D eigenvalue weighted by Gasteiger charge is 2.29. The fraction of sp³-hybridized carbons (Fsp3) is 0.543. The van der Waals surface area contributed by atoms with Crippen molar-refractivity contribution in [2.75, 3.05) is 36.0 Å². The van der Waals surface area contributed by atoms with Gasteiger partial charge in [0.15, 0.2) is 0 Å². The Hall–Kier alpha value is -6.05. The maximum atomic E-state index is 13.8. The normalized spacial score (nSPS) is 16.1. The van der Waals surface area contributed by atoms with Gasteiger partial charge in [0.1, 0.15) is 34.2 Å². The first-order valence-electron chi connectivity index (χ1n) is 22.2. The summed E-state index contributed by atoms with van der Waals surface area (Å²) in [6.45, 7) is 19.7. The summed E-state index contributed by atoms with van der Waals surface area (Å²) >= 11 is 3.42. The van der Waals surface area contributed by atoms with Gasteiger partial charge in [-0.25, -0.2) is 23.3 Å². The molecule has 2 aliphatic heterocycles. The molecule has 2 aromatic carbocycles. The number of nitrogens with one attached hydrogen (secondary N) is 2. The van der Waals surface area contributed by atoms with Gasteiger partial charge in [-0.1, -0.05) is 15.9 Å². The lowest BCUT2D eigenvalue weighted by atomic mass is 10.1. The number of nitriles is 1. The third-order valence-electron chi connectivity index (χ3n) is 10.1. The van der Waals surface area contributed by atoms with Crippen LogP contribution in [0.25, 0.3) is 0 Å². The number of aromatic nitrogens is 6. The van der Waals surface area contributed by atoms with Crippen LogP contribution in [0.4, 0.5) is 30.3 Å². The molecule has 2 aromatic heterocycles. The Balaban J connectivity index is 0.000000270. The number of piperidine rings is 2. The first kappa shape index (κ1) is 54.6. The average Bonchev–Trinajstić information content (AvgIpc) is 3.25. The summed E-state index contributed by atoms with van der Waals surface area (Å²) in [5.74, 6) is -0.176. The highest BCUT2D eigenvalue weighted by molar-refractivity contribution is 9.10. The second kappa shape index (κ2) is 24.3. The molecule has 0 unspecified atom stereocenters. The van der Waals surface area contributed by atoms with Gasteiger partial charge in [0, 0.05) is 42.7 Å². The topological polar surface area (TPSA) is 232 Å². The van der Waals surface area contributed by atoms with Gasteiger partial charge in [-0.05, 0) is 142 Å².